The number of aromatic nitrogens is 1. The minimum Gasteiger partial charge on any atom is -0.370 e. The third kappa shape index (κ3) is 6.93. The van der Waals surface area contributed by atoms with Crippen molar-refractivity contribution in [3.63, 3.8) is 0 Å². The molecular formula is C20H34IN5. The van der Waals surface area contributed by atoms with Crippen LogP contribution in [0, 0.1) is 0 Å². The van der Waals surface area contributed by atoms with Gasteiger partial charge in [-0.3, -0.25) is 0 Å². The van der Waals surface area contributed by atoms with E-state index in [-0.39, 0.29) is 24.0 Å². The molecule has 0 unspecified atom stereocenters. The van der Waals surface area contributed by atoms with Gasteiger partial charge in [0.15, 0.2) is 5.96 Å². The Morgan fingerprint density at radius 1 is 1.04 bits per heavy atom. The van der Waals surface area contributed by atoms with Crippen LogP contribution in [-0.2, 0) is 6.54 Å². The van der Waals surface area contributed by atoms with Crippen LogP contribution in [0.1, 0.15) is 69.8 Å². The van der Waals surface area contributed by atoms with Crippen molar-refractivity contribution in [2.75, 3.05) is 18.0 Å². The third-order valence-electron chi connectivity index (χ3n) is 5.38. The standard InChI is InChI=1S/C20H33N5.HI/c21-20(24-18-9-5-1-2-6-10-18)23-16-17-11-12-19(22-15-17)25-13-7-3-4-8-14-25;/h11-12,15,18H,1-10,13-14,16H2,(H3,21,23,24);1H. The quantitative estimate of drug-likeness (QED) is 0.299. The largest absolute Gasteiger partial charge is 0.370 e. The van der Waals surface area contributed by atoms with Crippen LogP contribution in [0.15, 0.2) is 23.3 Å². The van der Waals surface area contributed by atoms with E-state index in [4.69, 9.17) is 5.73 Å². The Morgan fingerprint density at radius 3 is 2.31 bits per heavy atom. The molecule has 1 aliphatic heterocycles. The van der Waals surface area contributed by atoms with Gasteiger partial charge in [0.05, 0.1) is 6.54 Å². The Balaban J connectivity index is 0.00000243. The minimum absolute atomic E-state index is 0. The summed E-state index contributed by atoms with van der Waals surface area (Å²) in [5.74, 6) is 1.67. The maximum absolute atomic E-state index is 6.08. The summed E-state index contributed by atoms with van der Waals surface area (Å²) in [5, 5.41) is 3.40. The van der Waals surface area contributed by atoms with Crippen molar-refractivity contribution in [1.29, 1.82) is 0 Å². The number of nitrogens with two attached hydrogens (primary N) is 1. The Morgan fingerprint density at radius 2 is 1.69 bits per heavy atom. The van der Waals surface area contributed by atoms with Crippen molar-refractivity contribution in [1.82, 2.24) is 10.3 Å². The molecule has 0 aromatic carbocycles. The van der Waals surface area contributed by atoms with Gasteiger partial charge in [-0.15, -0.1) is 24.0 Å². The Labute approximate surface area is 175 Å². The molecule has 2 heterocycles. The Kier molecular flexibility index (Phi) is 9.50. The summed E-state index contributed by atoms with van der Waals surface area (Å²) in [4.78, 5) is 11.6. The topological polar surface area (TPSA) is 66.5 Å². The van der Waals surface area contributed by atoms with Gasteiger partial charge in [-0.05, 0) is 37.3 Å². The third-order valence-corrected chi connectivity index (χ3v) is 5.38. The van der Waals surface area contributed by atoms with Gasteiger partial charge in [0, 0.05) is 25.3 Å². The monoisotopic (exact) mass is 471 g/mol. The van der Waals surface area contributed by atoms with Gasteiger partial charge in [-0.2, -0.15) is 0 Å². The Hall–Kier alpha value is -1.05. The number of hydrogen-bond acceptors (Lipinski definition) is 3. The van der Waals surface area contributed by atoms with E-state index >= 15 is 0 Å². The molecule has 26 heavy (non-hydrogen) atoms. The zero-order valence-corrected chi connectivity index (χ0v) is 18.2. The molecule has 1 aromatic rings. The van der Waals surface area contributed by atoms with Crippen LogP contribution >= 0.6 is 24.0 Å². The van der Waals surface area contributed by atoms with Crippen molar-refractivity contribution >= 4 is 35.8 Å². The van der Waals surface area contributed by atoms with Gasteiger partial charge >= 0.3 is 0 Å². The van der Waals surface area contributed by atoms with E-state index < -0.39 is 0 Å². The van der Waals surface area contributed by atoms with E-state index in [2.05, 4.69) is 32.3 Å². The summed E-state index contributed by atoms with van der Waals surface area (Å²) in [6, 6.07) is 4.76. The first-order valence-corrected chi connectivity index (χ1v) is 10.1. The number of anilines is 1. The molecule has 0 spiro atoms. The number of guanidine groups is 1. The van der Waals surface area contributed by atoms with Crippen LogP contribution in [0.4, 0.5) is 5.82 Å². The molecule has 0 atom stereocenters. The highest BCUT2D eigenvalue weighted by molar-refractivity contribution is 14.0. The molecule has 5 nitrogen and oxygen atoms in total. The molecule has 2 fully saturated rings. The van der Waals surface area contributed by atoms with Gasteiger partial charge in [0.1, 0.15) is 5.82 Å². The fourth-order valence-corrected chi connectivity index (χ4v) is 3.85. The number of nitrogens with zero attached hydrogens (tertiary/aromatic N) is 3. The maximum Gasteiger partial charge on any atom is 0.189 e. The number of rotatable bonds is 4. The lowest BCUT2D eigenvalue weighted by atomic mass is 10.1. The highest BCUT2D eigenvalue weighted by Crippen LogP contribution is 2.18. The molecule has 146 valence electrons. The second-order valence-electron chi connectivity index (χ2n) is 7.46. The predicted molar refractivity (Wildman–Crippen MR) is 120 cm³/mol. The summed E-state index contributed by atoms with van der Waals surface area (Å²) in [7, 11) is 0. The number of nitrogens with one attached hydrogen (secondary N) is 1. The van der Waals surface area contributed by atoms with Crippen LogP contribution in [0.3, 0.4) is 0 Å². The smallest absolute Gasteiger partial charge is 0.189 e. The lowest BCUT2D eigenvalue weighted by Gasteiger charge is -2.21. The van der Waals surface area contributed by atoms with Gasteiger partial charge in [0.25, 0.3) is 0 Å². The van der Waals surface area contributed by atoms with Crippen LogP contribution in [0.25, 0.3) is 0 Å². The number of aliphatic imine (C=N–C) groups is 1. The van der Waals surface area contributed by atoms with Gasteiger partial charge in [-0.25, -0.2) is 9.98 Å². The number of halogens is 1. The molecule has 1 saturated heterocycles. The molecule has 3 N–H and O–H groups in total. The lowest BCUT2D eigenvalue weighted by Crippen LogP contribution is -2.39. The summed E-state index contributed by atoms with van der Waals surface area (Å²) in [6.07, 6.45) is 14.9. The van der Waals surface area contributed by atoms with E-state index in [0.29, 0.717) is 18.5 Å². The summed E-state index contributed by atoms with van der Waals surface area (Å²) in [5.41, 5.74) is 7.19. The predicted octanol–water partition coefficient (Wildman–Crippen LogP) is 4.21. The Bertz CT molecular complexity index is 530. The molecule has 1 aliphatic carbocycles. The van der Waals surface area contributed by atoms with Crippen LogP contribution in [0.5, 0.6) is 0 Å². The van der Waals surface area contributed by atoms with Gasteiger partial charge < -0.3 is 16.0 Å². The molecule has 0 radical (unpaired) electrons. The SMILES string of the molecule is I.NC(=NCc1ccc(N2CCCCCC2)nc1)NC1CCCCCC1. The average Bonchev–Trinajstić information content (AvgIpc) is 3.05. The molecule has 0 amide bonds. The number of pyridine rings is 1. The zero-order chi connectivity index (χ0) is 17.3. The first-order valence-electron chi connectivity index (χ1n) is 10.1. The van der Waals surface area contributed by atoms with Crippen molar-refractivity contribution in [3.05, 3.63) is 23.9 Å². The van der Waals surface area contributed by atoms with E-state index in [9.17, 15) is 0 Å². The number of hydrogen-bond donors (Lipinski definition) is 2. The van der Waals surface area contributed by atoms with Crippen molar-refractivity contribution in [2.45, 2.75) is 76.8 Å². The summed E-state index contributed by atoms with van der Waals surface area (Å²) >= 11 is 0. The highest BCUT2D eigenvalue weighted by atomic mass is 127. The van der Waals surface area contributed by atoms with Crippen LogP contribution in [-0.4, -0.2) is 30.1 Å². The second kappa shape index (κ2) is 11.6. The van der Waals surface area contributed by atoms with E-state index in [1.165, 1.54) is 64.2 Å². The van der Waals surface area contributed by atoms with Crippen LogP contribution < -0.4 is 16.0 Å². The molecule has 2 aliphatic rings. The molecule has 0 bridgehead atoms. The fraction of sp³-hybridized carbons (Fsp3) is 0.700. The maximum atomic E-state index is 6.08. The fourth-order valence-electron chi connectivity index (χ4n) is 3.85. The van der Waals surface area contributed by atoms with Crippen molar-refractivity contribution in [2.24, 2.45) is 10.7 Å². The first-order chi connectivity index (χ1) is 12.3. The van der Waals surface area contributed by atoms with Crippen molar-refractivity contribution in [3.8, 4) is 0 Å². The molecule has 1 aromatic heterocycles. The van der Waals surface area contributed by atoms with Gasteiger partial charge in [0.2, 0.25) is 0 Å². The van der Waals surface area contributed by atoms with Crippen LogP contribution in [0.2, 0.25) is 0 Å². The molecule has 1 saturated carbocycles. The van der Waals surface area contributed by atoms with E-state index in [1.807, 2.05) is 6.20 Å². The normalized spacial score (nSPS) is 20.0. The molecule has 3 rings (SSSR count). The first kappa shape index (κ1) is 21.3. The van der Waals surface area contributed by atoms with E-state index in [1.54, 1.807) is 0 Å². The zero-order valence-electron chi connectivity index (χ0n) is 15.8. The second-order valence-corrected chi connectivity index (χ2v) is 7.46. The molecule has 6 heteroatoms. The minimum atomic E-state index is 0. The average molecular weight is 471 g/mol. The van der Waals surface area contributed by atoms with Crippen molar-refractivity contribution < 1.29 is 0 Å². The van der Waals surface area contributed by atoms with Gasteiger partial charge in [-0.1, -0.05) is 44.6 Å². The summed E-state index contributed by atoms with van der Waals surface area (Å²) < 4.78 is 0. The highest BCUT2D eigenvalue weighted by Gasteiger charge is 2.13. The molecular weight excluding hydrogens is 437 g/mol. The van der Waals surface area contributed by atoms with E-state index in [0.717, 1.165) is 24.5 Å². The lowest BCUT2D eigenvalue weighted by molar-refractivity contribution is 0.530. The summed E-state index contributed by atoms with van der Waals surface area (Å²) in [6.45, 7) is 2.85.